The number of rotatable bonds is 3. The van der Waals surface area contributed by atoms with Gasteiger partial charge in [0, 0.05) is 0 Å². The van der Waals surface area contributed by atoms with Crippen LogP contribution in [0.25, 0.3) is 0 Å². The normalized spacial score (nSPS) is 6.60. The topological polar surface area (TPSA) is 69.2 Å². The summed E-state index contributed by atoms with van der Waals surface area (Å²) in [5.74, 6) is 0. The lowest BCUT2D eigenvalue weighted by Gasteiger charge is -1.88. The van der Waals surface area contributed by atoms with Gasteiger partial charge in [0.05, 0.1) is 0 Å². The average Bonchev–Trinajstić information content (AvgIpc) is 1.99. The van der Waals surface area contributed by atoms with Gasteiger partial charge in [-0.05, 0) is 0 Å². The van der Waals surface area contributed by atoms with Crippen molar-refractivity contribution in [2.24, 2.45) is 5.16 Å². The third kappa shape index (κ3) is 3.23. The Morgan fingerprint density at radius 1 is 1.60 bits per heavy atom. The maximum atomic E-state index is 8.12. The van der Waals surface area contributed by atoms with Crippen LogP contribution in [0, 0.1) is 22.7 Å². The lowest BCUT2D eigenvalue weighted by atomic mass is 10.5. The Morgan fingerprint density at radius 2 is 2.20 bits per heavy atom. The Labute approximate surface area is 58.6 Å². The molecule has 4 heteroatoms. The predicted octanol–water partition coefficient (Wildman–Crippen LogP) is 0.592. The predicted molar refractivity (Wildman–Crippen MR) is 34.8 cm³/mol. The summed E-state index contributed by atoms with van der Waals surface area (Å²) in [4.78, 5) is 4.45. The van der Waals surface area contributed by atoms with Crippen LogP contribution in [0.1, 0.15) is 0 Å². The van der Waals surface area contributed by atoms with Gasteiger partial charge in [-0.3, -0.25) is 0 Å². The van der Waals surface area contributed by atoms with Crippen molar-refractivity contribution in [2.75, 3.05) is 6.61 Å². The molecule has 10 heavy (non-hydrogen) atoms. The van der Waals surface area contributed by atoms with Crippen molar-refractivity contribution in [2.45, 2.75) is 0 Å². The maximum Gasteiger partial charge on any atom is 0.256 e. The van der Waals surface area contributed by atoms with Crippen molar-refractivity contribution in [3.8, 4) is 12.1 Å². The Bertz CT molecular complexity index is 202. The quantitative estimate of drug-likeness (QED) is 0.246. The van der Waals surface area contributed by atoms with Gasteiger partial charge in [0.15, 0.2) is 0 Å². The first kappa shape index (κ1) is 8.19. The summed E-state index contributed by atoms with van der Waals surface area (Å²) in [6.07, 6.45) is 1.47. The molecular formula is C6H5N3O. The minimum Gasteiger partial charge on any atom is -0.390 e. The first-order valence-electron chi connectivity index (χ1n) is 2.46. The lowest BCUT2D eigenvalue weighted by Crippen LogP contribution is -1.90. The Balaban J connectivity index is 3.81. The van der Waals surface area contributed by atoms with E-state index < -0.39 is 0 Å². The van der Waals surface area contributed by atoms with Crippen molar-refractivity contribution >= 4 is 5.71 Å². The van der Waals surface area contributed by atoms with Gasteiger partial charge in [0.2, 0.25) is 0 Å². The molecule has 0 aromatic heterocycles. The molecule has 0 aliphatic carbocycles. The van der Waals surface area contributed by atoms with Crippen LogP contribution >= 0.6 is 0 Å². The van der Waals surface area contributed by atoms with Crippen LogP contribution < -0.4 is 0 Å². The van der Waals surface area contributed by atoms with Gasteiger partial charge in [-0.25, -0.2) is 0 Å². The SMILES string of the molecule is C=CCON=C(C#N)C#N. The molecule has 0 radical (unpaired) electrons. The molecule has 0 aromatic rings. The monoisotopic (exact) mass is 135 g/mol. The van der Waals surface area contributed by atoms with E-state index in [4.69, 9.17) is 10.5 Å². The molecule has 4 nitrogen and oxygen atoms in total. The van der Waals surface area contributed by atoms with E-state index in [9.17, 15) is 0 Å². The largest absolute Gasteiger partial charge is 0.390 e. The van der Waals surface area contributed by atoms with E-state index in [2.05, 4.69) is 16.6 Å². The van der Waals surface area contributed by atoms with Gasteiger partial charge in [0.25, 0.3) is 5.71 Å². The molecule has 0 saturated carbocycles. The maximum absolute atomic E-state index is 8.12. The minimum absolute atomic E-state index is 0.201. The summed E-state index contributed by atoms with van der Waals surface area (Å²) < 4.78 is 0. The van der Waals surface area contributed by atoms with Crippen LogP contribution in [0.15, 0.2) is 17.8 Å². The van der Waals surface area contributed by atoms with Gasteiger partial charge >= 0.3 is 0 Å². The molecule has 0 unspecified atom stereocenters. The minimum atomic E-state index is -0.290. The van der Waals surface area contributed by atoms with E-state index in [1.54, 1.807) is 12.1 Å². The molecule has 0 atom stereocenters. The summed E-state index contributed by atoms with van der Waals surface area (Å²) in [7, 11) is 0. The zero-order valence-corrected chi connectivity index (χ0v) is 5.24. The first-order chi connectivity index (χ1) is 4.85. The van der Waals surface area contributed by atoms with Crippen molar-refractivity contribution in [3.05, 3.63) is 12.7 Å². The highest BCUT2D eigenvalue weighted by Gasteiger charge is 1.90. The fourth-order valence-corrected chi connectivity index (χ4v) is 0.220. The van der Waals surface area contributed by atoms with Crippen molar-refractivity contribution in [3.63, 3.8) is 0 Å². The molecule has 50 valence electrons. The molecule has 0 aliphatic heterocycles. The summed E-state index contributed by atoms with van der Waals surface area (Å²) >= 11 is 0. The Kier molecular flexibility index (Phi) is 4.36. The Morgan fingerprint density at radius 3 is 2.60 bits per heavy atom. The number of hydrogen-bond donors (Lipinski definition) is 0. The van der Waals surface area contributed by atoms with E-state index in [0.717, 1.165) is 0 Å². The highest BCUT2D eigenvalue weighted by molar-refractivity contribution is 6.09. The number of hydrogen-bond acceptors (Lipinski definition) is 4. The zero-order chi connectivity index (χ0) is 7.82. The molecule has 0 bridgehead atoms. The molecule has 0 amide bonds. The molecule has 0 spiro atoms. The fraction of sp³-hybridized carbons (Fsp3) is 0.167. The standard InChI is InChI=1S/C6H5N3O/c1-2-3-10-9-6(4-7)5-8/h2H,1,3H2. The molecule has 0 aliphatic rings. The van der Waals surface area contributed by atoms with Gasteiger partial charge in [-0.1, -0.05) is 17.8 Å². The van der Waals surface area contributed by atoms with E-state index in [0.29, 0.717) is 0 Å². The van der Waals surface area contributed by atoms with Crippen LogP contribution in [-0.2, 0) is 4.84 Å². The van der Waals surface area contributed by atoms with Crippen LogP contribution in [0.5, 0.6) is 0 Å². The van der Waals surface area contributed by atoms with Crippen molar-refractivity contribution in [1.29, 1.82) is 10.5 Å². The summed E-state index contributed by atoms with van der Waals surface area (Å²) in [6, 6.07) is 3.08. The van der Waals surface area contributed by atoms with Gasteiger partial charge in [0.1, 0.15) is 18.7 Å². The Hall–Kier alpha value is -1.81. The van der Waals surface area contributed by atoms with E-state index >= 15 is 0 Å². The average molecular weight is 135 g/mol. The van der Waals surface area contributed by atoms with Gasteiger partial charge < -0.3 is 4.84 Å². The molecule has 0 rings (SSSR count). The third-order valence-corrected chi connectivity index (χ3v) is 0.560. The van der Waals surface area contributed by atoms with Gasteiger partial charge in [-0.15, -0.1) is 0 Å². The molecule has 0 saturated heterocycles. The van der Waals surface area contributed by atoms with Gasteiger partial charge in [-0.2, -0.15) is 10.5 Å². The van der Waals surface area contributed by atoms with Crippen LogP contribution in [0.4, 0.5) is 0 Å². The number of nitrogens with zero attached hydrogens (tertiary/aromatic N) is 3. The molecule has 0 N–H and O–H groups in total. The highest BCUT2D eigenvalue weighted by Crippen LogP contribution is 1.78. The fourth-order valence-electron chi connectivity index (χ4n) is 0.220. The second-order valence-electron chi connectivity index (χ2n) is 1.25. The summed E-state index contributed by atoms with van der Waals surface area (Å²) in [6.45, 7) is 3.55. The summed E-state index contributed by atoms with van der Waals surface area (Å²) in [5.41, 5.74) is -0.290. The second-order valence-corrected chi connectivity index (χ2v) is 1.25. The van der Waals surface area contributed by atoms with Crippen molar-refractivity contribution in [1.82, 2.24) is 0 Å². The van der Waals surface area contributed by atoms with E-state index in [1.807, 2.05) is 0 Å². The van der Waals surface area contributed by atoms with Crippen LogP contribution in [0.3, 0.4) is 0 Å². The number of nitriles is 2. The molecular weight excluding hydrogens is 130 g/mol. The lowest BCUT2D eigenvalue weighted by molar-refractivity contribution is 0.176. The first-order valence-corrected chi connectivity index (χ1v) is 2.46. The third-order valence-electron chi connectivity index (χ3n) is 0.560. The molecule has 0 aromatic carbocycles. The van der Waals surface area contributed by atoms with Crippen molar-refractivity contribution < 1.29 is 4.84 Å². The zero-order valence-electron chi connectivity index (χ0n) is 5.24. The van der Waals surface area contributed by atoms with E-state index in [-0.39, 0.29) is 12.3 Å². The van der Waals surface area contributed by atoms with E-state index in [1.165, 1.54) is 6.08 Å². The molecule has 0 fully saturated rings. The number of oxime groups is 1. The smallest absolute Gasteiger partial charge is 0.256 e. The second kappa shape index (κ2) is 5.33. The summed E-state index contributed by atoms with van der Waals surface area (Å²) in [5, 5.41) is 19.4. The van der Waals surface area contributed by atoms with Crippen LogP contribution in [-0.4, -0.2) is 12.3 Å². The molecule has 0 heterocycles. The van der Waals surface area contributed by atoms with Crippen LogP contribution in [0.2, 0.25) is 0 Å². The highest BCUT2D eigenvalue weighted by atomic mass is 16.6.